The predicted molar refractivity (Wildman–Crippen MR) is 131 cm³/mol. The lowest BCUT2D eigenvalue weighted by atomic mass is 10.1. The highest BCUT2D eigenvalue weighted by Gasteiger charge is 2.18. The number of hydrogen-bond acceptors (Lipinski definition) is 7. The van der Waals surface area contributed by atoms with Crippen LogP contribution in [0.15, 0.2) is 97.5 Å². The van der Waals surface area contributed by atoms with Crippen molar-refractivity contribution in [1.82, 2.24) is 30.0 Å². The van der Waals surface area contributed by atoms with Crippen molar-refractivity contribution in [1.29, 1.82) is 0 Å². The molecule has 5 aromatic rings. The molecule has 0 aliphatic carbocycles. The summed E-state index contributed by atoms with van der Waals surface area (Å²) in [5, 5.41) is 18.1. The number of carbonyl (C=O) groups excluding carboxylic acids is 2. The number of ether oxygens (including phenoxy) is 1. The summed E-state index contributed by atoms with van der Waals surface area (Å²) in [5.74, 6) is -0.946. The molecule has 0 aliphatic heterocycles. The summed E-state index contributed by atoms with van der Waals surface area (Å²) < 4.78 is 8.72. The zero-order chi connectivity index (χ0) is 24.7. The number of esters is 1. The van der Waals surface area contributed by atoms with Crippen molar-refractivity contribution in [2.24, 2.45) is 0 Å². The molecule has 0 atom stereocenters. The second-order valence-corrected chi connectivity index (χ2v) is 7.83. The zero-order valence-electron chi connectivity index (χ0n) is 19.1. The summed E-state index contributed by atoms with van der Waals surface area (Å²) in [6, 6.07) is 26.1. The number of nitrogens with one attached hydrogen (secondary N) is 1. The van der Waals surface area contributed by atoms with E-state index >= 15 is 0 Å². The first kappa shape index (κ1) is 22.7. The molecule has 0 bridgehead atoms. The molecule has 10 nitrogen and oxygen atoms in total. The van der Waals surface area contributed by atoms with E-state index in [1.54, 1.807) is 28.9 Å². The van der Waals surface area contributed by atoms with Crippen molar-refractivity contribution < 1.29 is 14.3 Å². The fourth-order valence-corrected chi connectivity index (χ4v) is 3.65. The third-order valence-corrected chi connectivity index (χ3v) is 5.33. The van der Waals surface area contributed by atoms with Crippen molar-refractivity contribution in [3.8, 4) is 16.9 Å². The molecular weight excluding hydrogens is 458 g/mol. The molecule has 3 aromatic carbocycles. The number of tetrazole rings is 1. The Kier molecular flexibility index (Phi) is 6.57. The van der Waals surface area contributed by atoms with Crippen LogP contribution in [0, 0.1) is 0 Å². The van der Waals surface area contributed by atoms with Crippen LogP contribution in [0.3, 0.4) is 0 Å². The van der Waals surface area contributed by atoms with E-state index in [4.69, 9.17) is 9.84 Å². The van der Waals surface area contributed by atoms with Gasteiger partial charge in [-0.3, -0.25) is 4.79 Å². The van der Waals surface area contributed by atoms with Gasteiger partial charge in [0.2, 0.25) is 5.91 Å². The number of rotatable bonds is 8. The number of nitrogens with zero attached hydrogens (tertiary/aromatic N) is 6. The molecule has 2 heterocycles. The molecule has 0 spiro atoms. The Morgan fingerprint density at radius 2 is 1.61 bits per heavy atom. The van der Waals surface area contributed by atoms with Gasteiger partial charge in [-0.05, 0) is 34.7 Å². The summed E-state index contributed by atoms with van der Waals surface area (Å²) in [6.45, 7) is -0.0850. The van der Waals surface area contributed by atoms with Crippen molar-refractivity contribution in [3.05, 3.63) is 109 Å². The molecule has 0 unspecified atom stereocenters. The monoisotopic (exact) mass is 479 g/mol. The van der Waals surface area contributed by atoms with Gasteiger partial charge in [-0.2, -0.15) is 5.10 Å². The largest absolute Gasteiger partial charge is 0.457 e. The lowest BCUT2D eigenvalue weighted by molar-refractivity contribution is -0.116. The maximum atomic E-state index is 13.0. The Labute approximate surface area is 206 Å². The van der Waals surface area contributed by atoms with Gasteiger partial charge in [-0.15, -0.1) is 5.10 Å². The number of para-hydroxylation sites is 2. The third kappa shape index (κ3) is 5.17. The van der Waals surface area contributed by atoms with Gasteiger partial charge in [0.15, 0.2) is 0 Å². The standard InChI is InChI=1S/C26H21N7O3/c34-24(16-32-18-27-30-31-32)28-23-14-8-7-13-22(23)26(35)36-17-20-15-33(21-11-5-2-6-12-21)29-25(20)19-9-3-1-4-10-19/h1-15,18H,16-17H2,(H,28,34). The van der Waals surface area contributed by atoms with Gasteiger partial charge in [0, 0.05) is 17.3 Å². The second-order valence-electron chi connectivity index (χ2n) is 7.83. The minimum absolute atomic E-state index is 0.00278. The van der Waals surface area contributed by atoms with Gasteiger partial charge < -0.3 is 10.1 Å². The van der Waals surface area contributed by atoms with E-state index in [1.807, 2.05) is 66.9 Å². The summed E-state index contributed by atoms with van der Waals surface area (Å²) in [7, 11) is 0. The molecule has 1 N–H and O–H groups in total. The molecule has 0 saturated heterocycles. The van der Waals surface area contributed by atoms with E-state index in [0.29, 0.717) is 5.69 Å². The van der Waals surface area contributed by atoms with Crippen molar-refractivity contribution in [2.75, 3.05) is 5.32 Å². The average Bonchev–Trinajstić information content (AvgIpc) is 3.59. The molecule has 0 fully saturated rings. The summed E-state index contributed by atoms with van der Waals surface area (Å²) in [6.07, 6.45) is 3.18. The Balaban J connectivity index is 1.35. The van der Waals surface area contributed by atoms with Gasteiger partial charge in [-0.25, -0.2) is 14.2 Å². The van der Waals surface area contributed by atoms with Crippen LogP contribution in [0.5, 0.6) is 0 Å². The van der Waals surface area contributed by atoms with Crippen molar-refractivity contribution in [3.63, 3.8) is 0 Å². The number of amides is 1. The molecule has 0 aliphatic rings. The lowest BCUT2D eigenvalue weighted by Gasteiger charge is -2.11. The fraction of sp³-hybridized carbons (Fsp3) is 0.0769. The van der Waals surface area contributed by atoms with E-state index in [0.717, 1.165) is 22.5 Å². The number of aromatic nitrogens is 6. The molecule has 1 amide bonds. The SMILES string of the molecule is O=C(Cn1cnnn1)Nc1ccccc1C(=O)OCc1cn(-c2ccccc2)nc1-c1ccccc1. The molecular formula is C26H21N7O3. The van der Waals surface area contributed by atoms with Crippen LogP contribution < -0.4 is 5.32 Å². The summed E-state index contributed by atoms with van der Waals surface area (Å²) in [4.78, 5) is 25.4. The van der Waals surface area contributed by atoms with E-state index < -0.39 is 5.97 Å². The normalized spacial score (nSPS) is 10.7. The Hall–Kier alpha value is -5.12. The van der Waals surface area contributed by atoms with E-state index in [-0.39, 0.29) is 24.6 Å². The molecule has 0 radical (unpaired) electrons. The van der Waals surface area contributed by atoms with Crippen LogP contribution in [-0.4, -0.2) is 41.9 Å². The van der Waals surface area contributed by atoms with Crippen molar-refractivity contribution >= 4 is 17.6 Å². The Bertz CT molecular complexity index is 1470. The first-order valence-corrected chi connectivity index (χ1v) is 11.1. The van der Waals surface area contributed by atoms with Crippen LogP contribution in [0.25, 0.3) is 16.9 Å². The second kappa shape index (κ2) is 10.4. The summed E-state index contributed by atoms with van der Waals surface area (Å²) >= 11 is 0. The number of hydrogen-bond donors (Lipinski definition) is 1. The van der Waals surface area contributed by atoms with Gasteiger partial charge >= 0.3 is 5.97 Å². The summed E-state index contributed by atoms with van der Waals surface area (Å²) in [5.41, 5.74) is 3.84. The maximum absolute atomic E-state index is 13.0. The quantitative estimate of drug-likeness (QED) is 0.339. The van der Waals surface area contributed by atoms with E-state index in [2.05, 4.69) is 20.8 Å². The highest BCUT2D eigenvalue weighted by Crippen LogP contribution is 2.25. The van der Waals surface area contributed by atoms with E-state index in [1.165, 1.54) is 11.0 Å². The number of carbonyl (C=O) groups is 2. The molecule has 178 valence electrons. The smallest absolute Gasteiger partial charge is 0.340 e. The fourth-order valence-electron chi connectivity index (χ4n) is 3.65. The highest BCUT2D eigenvalue weighted by atomic mass is 16.5. The molecule has 2 aromatic heterocycles. The Morgan fingerprint density at radius 3 is 2.36 bits per heavy atom. The first-order valence-electron chi connectivity index (χ1n) is 11.1. The third-order valence-electron chi connectivity index (χ3n) is 5.33. The molecule has 36 heavy (non-hydrogen) atoms. The molecule has 5 rings (SSSR count). The maximum Gasteiger partial charge on any atom is 0.340 e. The van der Waals surface area contributed by atoms with Crippen LogP contribution in [-0.2, 0) is 22.7 Å². The lowest BCUT2D eigenvalue weighted by Crippen LogP contribution is -2.21. The van der Waals surface area contributed by atoms with E-state index in [9.17, 15) is 9.59 Å². The van der Waals surface area contributed by atoms with Crippen LogP contribution in [0.4, 0.5) is 5.69 Å². The molecule has 10 heteroatoms. The predicted octanol–water partition coefficient (Wildman–Crippen LogP) is 3.52. The topological polar surface area (TPSA) is 117 Å². The highest BCUT2D eigenvalue weighted by molar-refractivity contribution is 6.01. The first-order chi connectivity index (χ1) is 17.7. The van der Waals surface area contributed by atoms with Gasteiger partial charge in [-0.1, -0.05) is 60.7 Å². The molecule has 0 saturated carbocycles. The average molecular weight is 480 g/mol. The Morgan fingerprint density at radius 1 is 0.889 bits per heavy atom. The minimum atomic E-state index is -0.570. The number of anilines is 1. The van der Waals surface area contributed by atoms with Crippen LogP contribution >= 0.6 is 0 Å². The van der Waals surface area contributed by atoms with Crippen LogP contribution in [0.1, 0.15) is 15.9 Å². The minimum Gasteiger partial charge on any atom is -0.457 e. The number of benzene rings is 3. The van der Waals surface area contributed by atoms with Gasteiger partial charge in [0.1, 0.15) is 19.5 Å². The van der Waals surface area contributed by atoms with Crippen LogP contribution in [0.2, 0.25) is 0 Å². The zero-order valence-corrected chi connectivity index (χ0v) is 19.1. The van der Waals surface area contributed by atoms with Crippen molar-refractivity contribution in [2.45, 2.75) is 13.2 Å². The van der Waals surface area contributed by atoms with Gasteiger partial charge in [0.25, 0.3) is 0 Å². The van der Waals surface area contributed by atoms with Gasteiger partial charge in [0.05, 0.1) is 22.6 Å².